The zero-order valence-electron chi connectivity index (χ0n) is 10.9. The maximum Gasteiger partial charge on any atom is 0.155 e. The Balaban J connectivity index is 2.02. The van der Waals surface area contributed by atoms with Crippen LogP contribution in [0.4, 0.5) is 0 Å². The molecule has 3 rings (SSSR count). The van der Waals surface area contributed by atoms with Crippen molar-refractivity contribution in [3.8, 4) is 17.2 Å². The number of hydrogen-bond donors (Lipinski definition) is 1. The van der Waals surface area contributed by atoms with Gasteiger partial charge in [-0.15, -0.1) is 0 Å². The van der Waals surface area contributed by atoms with Crippen molar-refractivity contribution in [2.24, 2.45) is 0 Å². The van der Waals surface area contributed by atoms with Crippen LogP contribution in [0.5, 0.6) is 17.2 Å². The molecule has 0 amide bonds. The number of rotatable bonds is 3. The van der Waals surface area contributed by atoms with Gasteiger partial charge in [0.1, 0.15) is 11.5 Å². The number of ether oxygens (including phenoxy) is 2. The molecule has 3 nitrogen and oxygen atoms in total. The van der Waals surface area contributed by atoms with Gasteiger partial charge in [-0.25, -0.2) is 0 Å². The van der Waals surface area contributed by atoms with Crippen molar-refractivity contribution in [3.63, 3.8) is 0 Å². The standard InChI is InChI=1S/C16H15NO2/c1-11-16(14-8-3-4-9-15(14)17-11)19-13-7-5-6-12(10-13)18-2/h3-10,17H,1-2H3. The third-order valence-corrected chi connectivity index (χ3v) is 3.10. The fraction of sp³-hybridized carbons (Fsp3) is 0.125. The Bertz CT molecular complexity index is 716. The van der Waals surface area contributed by atoms with Gasteiger partial charge < -0.3 is 14.5 Å². The number of aromatic amines is 1. The number of aryl methyl sites for hydroxylation is 1. The molecule has 0 aliphatic heterocycles. The second kappa shape index (κ2) is 4.69. The second-order valence-electron chi connectivity index (χ2n) is 4.41. The molecule has 0 aliphatic carbocycles. The molecule has 0 saturated heterocycles. The van der Waals surface area contributed by atoms with E-state index in [2.05, 4.69) is 4.98 Å². The SMILES string of the molecule is COc1cccc(Oc2c(C)[nH]c3ccccc23)c1. The van der Waals surface area contributed by atoms with Crippen LogP contribution in [-0.4, -0.2) is 12.1 Å². The van der Waals surface area contributed by atoms with Crippen LogP contribution >= 0.6 is 0 Å². The minimum absolute atomic E-state index is 0.771. The fourth-order valence-corrected chi connectivity index (χ4v) is 2.16. The van der Waals surface area contributed by atoms with Gasteiger partial charge in [0.25, 0.3) is 0 Å². The van der Waals surface area contributed by atoms with Gasteiger partial charge in [0, 0.05) is 17.0 Å². The molecule has 1 aromatic heterocycles. The lowest BCUT2D eigenvalue weighted by molar-refractivity contribution is 0.409. The molecule has 96 valence electrons. The van der Waals surface area contributed by atoms with Crippen molar-refractivity contribution in [2.45, 2.75) is 6.92 Å². The normalized spacial score (nSPS) is 10.6. The first-order valence-electron chi connectivity index (χ1n) is 6.17. The van der Waals surface area contributed by atoms with Crippen LogP contribution in [-0.2, 0) is 0 Å². The molecule has 3 aromatic rings. The minimum Gasteiger partial charge on any atom is -0.497 e. The molecule has 0 atom stereocenters. The molecule has 3 heteroatoms. The number of hydrogen-bond acceptors (Lipinski definition) is 2. The predicted octanol–water partition coefficient (Wildman–Crippen LogP) is 4.28. The Hall–Kier alpha value is -2.42. The molecule has 1 N–H and O–H groups in total. The van der Waals surface area contributed by atoms with Gasteiger partial charge in [-0.3, -0.25) is 0 Å². The van der Waals surface area contributed by atoms with Crippen LogP contribution in [0.3, 0.4) is 0 Å². The van der Waals surface area contributed by atoms with Gasteiger partial charge in [-0.05, 0) is 31.2 Å². The lowest BCUT2D eigenvalue weighted by atomic mass is 10.2. The first kappa shape index (κ1) is 11.7. The summed E-state index contributed by atoms with van der Waals surface area (Å²) in [5.74, 6) is 2.42. The van der Waals surface area contributed by atoms with E-state index in [1.807, 2.05) is 55.5 Å². The van der Waals surface area contributed by atoms with E-state index < -0.39 is 0 Å². The van der Waals surface area contributed by atoms with Gasteiger partial charge in [0.15, 0.2) is 5.75 Å². The van der Waals surface area contributed by atoms with E-state index in [0.29, 0.717) is 0 Å². The summed E-state index contributed by atoms with van der Waals surface area (Å²) < 4.78 is 11.2. The Labute approximate surface area is 111 Å². The zero-order chi connectivity index (χ0) is 13.2. The van der Waals surface area contributed by atoms with Crippen LogP contribution < -0.4 is 9.47 Å². The molecule has 0 spiro atoms. The first-order chi connectivity index (χ1) is 9.28. The summed E-state index contributed by atoms with van der Waals surface area (Å²) in [6.07, 6.45) is 0. The number of para-hydroxylation sites is 1. The molecule has 2 aromatic carbocycles. The Morgan fingerprint density at radius 3 is 2.58 bits per heavy atom. The molecule has 0 radical (unpaired) electrons. The molecule has 0 bridgehead atoms. The van der Waals surface area contributed by atoms with E-state index in [9.17, 15) is 0 Å². The van der Waals surface area contributed by atoms with Crippen LogP contribution in [0.15, 0.2) is 48.5 Å². The summed E-state index contributed by atoms with van der Waals surface area (Å²) in [6.45, 7) is 2.01. The lowest BCUT2D eigenvalue weighted by Gasteiger charge is -2.07. The largest absolute Gasteiger partial charge is 0.497 e. The van der Waals surface area contributed by atoms with Gasteiger partial charge in [0.05, 0.1) is 12.8 Å². The summed E-state index contributed by atoms with van der Waals surface area (Å²) in [6, 6.07) is 15.7. The Morgan fingerprint density at radius 1 is 0.947 bits per heavy atom. The average molecular weight is 253 g/mol. The number of nitrogens with one attached hydrogen (secondary N) is 1. The maximum atomic E-state index is 5.99. The summed E-state index contributed by atoms with van der Waals surface area (Å²) in [5.41, 5.74) is 2.10. The van der Waals surface area contributed by atoms with E-state index in [1.54, 1.807) is 7.11 Å². The van der Waals surface area contributed by atoms with Crippen LogP contribution in [0, 0.1) is 6.92 Å². The average Bonchev–Trinajstić information content (AvgIpc) is 2.76. The molecule has 19 heavy (non-hydrogen) atoms. The predicted molar refractivity (Wildman–Crippen MR) is 76.1 cm³/mol. The highest BCUT2D eigenvalue weighted by molar-refractivity contribution is 5.87. The summed E-state index contributed by atoms with van der Waals surface area (Å²) in [4.78, 5) is 3.32. The van der Waals surface area contributed by atoms with Crippen molar-refractivity contribution >= 4 is 10.9 Å². The van der Waals surface area contributed by atoms with Gasteiger partial charge in [0.2, 0.25) is 0 Å². The van der Waals surface area contributed by atoms with E-state index >= 15 is 0 Å². The monoisotopic (exact) mass is 253 g/mol. The number of methoxy groups -OCH3 is 1. The third-order valence-electron chi connectivity index (χ3n) is 3.10. The smallest absolute Gasteiger partial charge is 0.155 e. The molecule has 0 fully saturated rings. The zero-order valence-corrected chi connectivity index (χ0v) is 10.9. The molecular weight excluding hydrogens is 238 g/mol. The van der Waals surface area contributed by atoms with Crippen molar-refractivity contribution in [1.29, 1.82) is 0 Å². The summed E-state index contributed by atoms with van der Waals surface area (Å²) in [7, 11) is 1.65. The third kappa shape index (κ3) is 2.15. The van der Waals surface area contributed by atoms with E-state index in [-0.39, 0.29) is 0 Å². The van der Waals surface area contributed by atoms with Crippen molar-refractivity contribution < 1.29 is 9.47 Å². The minimum atomic E-state index is 0.771. The van der Waals surface area contributed by atoms with Gasteiger partial charge in [-0.2, -0.15) is 0 Å². The molecule has 0 aliphatic rings. The topological polar surface area (TPSA) is 34.2 Å². The number of H-pyrrole nitrogens is 1. The van der Waals surface area contributed by atoms with Gasteiger partial charge in [-0.1, -0.05) is 18.2 Å². The van der Waals surface area contributed by atoms with E-state index in [0.717, 1.165) is 33.8 Å². The quantitative estimate of drug-likeness (QED) is 0.756. The summed E-state index contributed by atoms with van der Waals surface area (Å²) in [5, 5.41) is 1.09. The van der Waals surface area contributed by atoms with Crippen molar-refractivity contribution in [2.75, 3.05) is 7.11 Å². The van der Waals surface area contributed by atoms with Crippen LogP contribution in [0.1, 0.15) is 5.69 Å². The number of benzene rings is 2. The number of fused-ring (bicyclic) bond motifs is 1. The highest BCUT2D eigenvalue weighted by Crippen LogP contribution is 2.34. The Morgan fingerprint density at radius 2 is 1.74 bits per heavy atom. The maximum absolute atomic E-state index is 5.99. The van der Waals surface area contributed by atoms with Crippen LogP contribution in [0.25, 0.3) is 10.9 Å². The molecule has 0 saturated carbocycles. The molecule has 1 heterocycles. The molecular formula is C16H15NO2. The lowest BCUT2D eigenvalue weighted by Crippen LogP contribution is -1.87. The summed E-state index contributed by atoms with van der Waals surface area (Å²) >= 11 is 0. The van der Waals surface area contributed by atoms with Gasteiger partial charge >= 0.3 is 0 Å². The number of aromatic nitrogens is 1. The van der Waals surface area contributed by atoms with Crippen LogP contribution in [0.2, 0.25) is 0 Å². The van der Waals surface area contributed by atoms with E-state index in [4.69, 9.17) is 9.47 Å². The van der Waals surface area contributed by atoms with Crippen molar-refractivity contribution in [3.05, 3.63) is 54.2 Å². The second-order valence-corrected chi connectivity index (χ2v) is 4.41. The molecule has 0 unspecified atom stereocenters. The highest BCUT2D eigenvalue weighted by Gasteiger charge is 2.10. The highest BCUT2D eigenvalue weighted by atomic mass is 16.5. The first-order valence-corrected chi connectivity index (χ1v) is 6.17. The van der Waals surface area contributed by atoms with Crippen molar-refractivity contribution in [1.82, 2.24) is 4.98 Å². The fourth-order valence-electron chi connectivity index (χ4n) is 2.16. The Kier molecular flexibility index (Phi) is 2.88. The van der Waals surface area contributed by atoms with E-state index in [1.165, 1.54) is 0 Å².